The van der Waals surface area contributed by atoms with Gasteiger partial charge in [0.2, 0.25) is 5.91 Å². The summed E-state index contributed by atoms with van der Waals surface area (Å²) in [7, 11) is 0. The maximum absolute atomic E-state index is 15.1. The van der Waals surface area contributed by atoms with Crippen molar-refractivity contribution < 1.29 is 18.3 Å². The van der Waals surface area contributed by atoms with E-state index in [0.29, 0.717) is 48.9 Å². The molecule has 2 aliphatic heterocycles. The second-order valence-electron chi connectivity index (χ2n) is 10.0. The third kappa shape index (κ3) is 4.65. The molecule has 0 aliphatic carbocycles. The molecule has 1 amide bonds. The van der Waals surface area contributed by atoms with Crippen LogP contribution in [0.1, 0.15) is 32.3 Å². The van der Waals surface area contributed by atoms with Gasteiger partial charge in [-0.3, -0.25) is 14.7 Å². The van der Waals surface area contributed by atoms with E-state index in [1.807, 2.05) is 6.07 Å². The lowest BCUT2D eigenvalue weighted by atomic mass is 9.83. The first kappa shape index (κ1) is 23.4. The second-order valence-corrected chi connectivity index (χ2v) is 10.0. The maximum atomic E-state index is 15.1. The number of fused-ring (bicyclic) bond motifs is 1. The fourth-order valence-corrected chi connectivity index (χ4v) is 4.82. The molecule has 35 heavy (non-hydrogen) atoms. The highest BCUT2D eigenvalue weighted by molar-refractivity contribution is 6.01. The molecule has 184 valence electrons. The van der Waals surface area contributed by atoms with Crippen molar-refractivity contribution in [3.8, 4) is 0 Å². The number of amides is 1. The number of hydrogen-bond acceptors (Lipinski definition) is 6. The highest BCUT2D eigenvalue weighted by atomic mass is 19.1. The molecule has 0 radical (unpaired) electrons. The highest BCUT2D eigenvalue weighted by Crippen LogP contribution is 2.40. The third-order valence-corrected chi connectivity index (χ3v) is 6.75. The molecule has 7 nitrogen and oxygen atoms in total. The molecule has 1 aromatic carbocycles. The van der Waals surface area contributed by atoms with Gasteiger partial charge in [0, 0.05) is 43.8 Å². The lowest BCUT2D eigenvalue weighted by molar-refractivity contribution is -0.121. The largest absolute Gasteiger partial charge is 0.378 e. The number of nitrogens with zero attached hydrogens (tertiary/aromatic N) is 4. The van der Waals surface area contributed by atoms with Gasteiger partial charge in [-0.25, -0.2) is 13.8 Å². The summed E-state index contributed by atoms with van der Waals surface area (Å²) in [6.07, 6.45) is 4.62. The summed E-state index contributed by atoms with van der Waals surface area (Å²) < 4.78 is 34.7. The summed E-state index contributed by atoms with van der Waals surface area (Å²) in [4.78, 5) is 25.7. The van der Waals surface area contributed by atoms with E-state index in [1.54, 1.807) is 24.2 Å². The van der Waals surface area contributed by atoms with Crippen LogP contribution < -0.4 is 15.1 Å². The minimum absolute atomic E-state index is 0.0434. The minimum Gasteiger partial charge on any atom is -0.378 e. The van der Waals surface area contributed by atoms with Crippen LogP contribution in [-0.4, -0.2) is 48.7 Å². The molecule has 9 heteroatoms. The second kappa shape index (κ2) is 9.03. The molecule has 4 heterocycles. The topological polar surface area (TPSA) is 70.6 Å². The SMILES string of the molecule is Cc1c(N2CC(C)(C)CCC2=O)nc2cc(F)cc(F)c2c1Nc1cncc(N2CCOCC2)c1. The normalized spacial score (nSPS) is 18.3. The number of hydrogen-bond donors (Lipinski definition) is 1. The number of carbonyl (C=O) groups excluding carboxylic acids is 1. The van der Waals surface area contributed by atoms with Crippen LogP contribution in [0.3, 0.4) is 0 Å². The summed E-state index contributed by atoms with van der Waals surface area (Å²) in [6, 6.07) is 4.00. The summed E-state index contributed by atoms with van der Waals surface area (Å²) in [5.74, 6) is -1.06. The number of rotatable bonds is 4. The number of pyridine rings is 2. The lowest BCUT2D eigenvalue weighted by Crippen LogP contribution is -2.44. The van der Waals surface area contributed by atoms with Crippen molar-refractivity contribution in [2.45, 2.75) is 33.6 Å². The van der Waals surface area contributed by atoms with E-state index in [4.69, 9.17) is 4.74 Å². The van der Waals surface area contributed by atoms with Crippen LogP contribution in [0.5, 0.6) is 0 Å². The molecular weight excluding hydrogens is 452 g/mol. The summed E-state index contributed by atoms with van der Waals surface area (Å²) in [5, 5.41) is 3.48. The van der Waals surface area contributed by atoms with Crippen molar-refractivity contribution in [1.82, 2.24) is 9.97 Å². The molecule has 2 aromatic heterocycles. The summed E-state index contributed by atoms with van der Waals surface area (Å²) in [6.45, 7) is 9.30. The molecule has 3 aromatic rings. The Labute approximate surface area is 203 Å². The number of ether oxygens (including phenoxy) is 1. The van der Waals surface area contributed by atoms with Crippen LogP contribution >= 0.6 is 0 Å². The molecule has 0 unspecified atom stereocenters. The van der Waals surface area contributed by atoms with Crippen LogP contribution in [-0.2, 0) is 9.53 Å². The van der Waals surface area contributed by atoms with E-state index in [0.717, 1.165) is 31.3 Å². The summed E-state index contributed by atoms with van der Waals surface area (Å²) in [5.41, 5.74) is 2.71. The first-order valence-corrected chi connectivity index (χ1v) is 11.9. The first-order chi connectivity index (χ1) is 16.7. The molecule has 5 rings (SSSR count). The zero-order valence-electron chi connectivity index (χ0n) is 20.2. The van der Waals surface area contributed by atoms with Gasteiger partial charge in [0.1, 0.15) is 17.5 Å². The molecule has 1 N–H and O–H groups in total. The average Bonchev–Trinajstić information content (AvgIpc) is 2.83. The van der Waals surface area contributed by atoms with Crippen LogP contribution in [0.2, 0.25) is 0 Å². The van der Waals surface area contributed by atoms with Crippen molar-refractivity contribution in [3.05, 3.63) is 47.8 Å². The van der Waals surface area contributed by atoms with E-state index in [-0.39, 0.29) is 22.2 Å². The van der Waals surface area contributed by atoms with Gasteiger partial charge in [0.05, 0.1) is 53.6 Å². The van der Waals surface area contributed by atoms with E-state index < -0.39 is 11.6 Å². The lowest BCUT2D eigenvalue weighted by Gasteiger charge is -2.38. The molecule has 2 fully saturated rings. The van der Waals surface area contributed by atoms with Gasteiger partial charge in [-0.1, -0.05) is 13.8 Å². The van der Waals surface area contributed by atoms with E-state index in [9.17, 15) is 9.18 Å². The Morgan fingerprint density at radius 1 is 1.11 bits per heavy atom. The predicted molar refractivity (Wildman–Crippen MR) is 132 cm³/mol. The van der Waals surface area contributed by atoms with Crippen molar-refractivity contribution in [3.63, 3.8) is 0 Å². The maximum Gasteiger partial charge on any atom is 0.228 e. The minimum atomic E-state index is -0.718. The number of aromatic nitrogens is 2. The van der Waals surface area contributed by atoms with Crippen molar-refractivity contribution >= 4 is 39.7 Å². The fraction of sp³-hybridized carbons (Fsp3) is 0.423. The van der Waals surface area contributed by atoms with Crippen LogP contribution in [0.4, 0.5) is 31.7 Å². The Morgan fingerprint density at radius 3 is 2.66 bits per heavy atom. The number of carbonyl (C=O) groups is 1. The highest BCUT2D eigenvalue weighted by Gasteiger charge is 2.34. The van der Waals surface area contributed by atoms with E-state index in [2.05, 4.69) is 34.0 Å². The monoisotopic (exact) mass is 481 g/mol. The Balaban J connectivity index is 1.62. The number of morpholine rings is 1. The average molecular weight is 482 g/mol. The quantitative estimate of drug-likeness (QED) is 0.569. The third-order valence-electron chi connectivity index (χ3n) is 6.75. The van der Waals surface area contributed by atoms with Gasteiger partial charge in [-0.15, -0.1) is 0 Å². The Hall–Kier alpha value is -3.33. The molecule has 2 aliphatic rings. The first-order valence-electron chi connectivity index (χ1n) is 11.9. The zero-order valence-corrected chi connectivity index (χ0v) is 20.2. The van der Waals surface area contributed by atoms with Crippen LogP contribution in [0.15, 0.2) is 30.6 Å². The Bertz CT molecular complexity index is 1290. The number of benzene rings is 1. The molecule has 0 bridgehead atoms. The standard InChI is InChI=1S/C26H29F2N5O2/c1-16-24(30-18-12-19(14-29-13-18)32-6-8-35-9-7-32)23-20(28)10-17(27)11-21(23)31-25(16)33-15-26(2,3)5-4-22(33)34/h10-14H,4-9,15H2,1-3H3,(H,30,31). The number of nitrogens with one attached hydrogen (secondary N) is 1. The Morgan fingerprint density at radius 2 is 1.89 bits per heavy atom. The van der Waals surface area contributed by atoms with Gasteiger partial charge in [-0.2, -0.15) is 0 Å². The van der Waals surface area contributed by atoms with Crippen molar-refractivity contribution in [2.24, 2.45) is 5.41 Å². The fourth-order valence-electron chi connectivity index (χ4n) is 4.82. The summed E-state index contributed by atoms with van der Waals surface area (Å²) >= 11 is 0. The number of halogens is 2. The van der Waals surface area contributed by atoms with Crippen molar-refractivity contribution in [1.29, 1.82) is 0 Å². The van der Waals surface area contributed by atoms with Gasteiger partial charge in [-0.05, 0) is 24.8 Å². The smallest absolute Gasteiger partial charge is 0.228 e. The van der Waals surface area contributed by atoms with Gasteiger partial charge < -0.3 is 15.0 Å². The molecule has 0 atom stereocenters. The number of anilines is 4. The van der Waals surface area contributed by atoms with E-state index >= 15 is 4.39 Å². The van der Waals surface area contributed by atoms with Crippen LogP contribution in [0, 0.1) is 24.0 Å². The predicted octanol–water partition coefficient (Wildman–Crippen LogP) is 4.95. The van der Waals surface area contributed by atoms with Gasteiger partial charge >= 0.3 is 0 Å². The van der Waals surface area contributed by atoms with Gasteiger partial charge in [0.15, 0.2) is 0 Å². The molecule has 2 saturated heterocycles. The molecule has 0 spiro atoms. The molecule has 0 saturated carbocycles. The Kier molecular flexibility index (Phi) is 6.04. The van der Waals surface area contributed by atoms with E-state index in [1.165, 1.54) is 6.07 Å². The van der Waals surface area contributed by atoms with Gasteiger partial charge in [0.25, 0.3) is 0 Å². The molecular formula is C26H29F2N5O2. The van der Waals surface area contributed by atoms with Crippen LogP contribution in [0.25, 0.3) is 10.9 Å². The number of piperidine rings is 1. The zero-order chi connectivity index (χ0) is 24.7. The van der Waals surface area contributed by atoms with Crippen molar-refractivity contribution in [2.75, 3.05) is 48.0 Å².